The number of piperidine rings is 1. The molecule has 1 saturated heterocycles. The van der Waals surface area contributed by atoms with Crippen LogP contribution in [-0.4, -0.2) is 44.7 Å². The monoisotopic (exact) mass is 565 g/mol. The molecule has 1 aliphatic carbocycles. The number of carboxylic acid groups (broad SMARTS) is 1. The molecule has 0 bridgehead atoms. The van der Waals surface area contributed by atoms with Crippen LogP contribution in [0.4, 0.5) is 5.69 Å². The van der Waals surface area contributed by atoms with E-state index < -0.39 is 5.97 Å². The topological polar surface area (TPSA) is 59.0 Å². The molecule has 7 heteroatoms. The number of hydrogen-bond acceptors (Lipinski definition) is 4. The zero-order valence-corrected chi connectivity index (χ0v) is 23.8. The van der Waals surface area contributed by atoms with Crippen LogP contribution in [0.2, 0.25) is 10.0 Å². The highest BCUT2D eigenvalue weighted by atomic mass is 35.5. The molecule has 39 heavy (non-hydrogen) atoms. The minimum atomic E-state index is -0.913. The molecule has 1 heterocycles. The first-order valence-electron chi connectivity index (χ1n) is 13.4. The van der Waals surface area contributed by atoms with Crippen LogP contribution in [-0.2, 0) is 15.9 Å². The first-order valence-corrected chi connectivity index (χ1v) is 14.1. The lowest BCUT2D eigenvalue weighted by Gasteiger charge is -2.36. The Morgan fingerprint density at radius 1 is 0.923 bits per heavy atom. The molecular formula is C32H33Cl2NO4. The number of aromatic carboxylic acids is 1. The van der Waals surface area contributed by atoms with Crippen LogP contribution >= 0.6 is 23.2 Å². The second kappa shape index (κ2) is 12.1. The van der Waals surface area contributed by atoms with Crippen LogP contribution in [0.1, 0.15) is 58.3 Å². The highest BCUT2D eigenvalue weighted by molar-refractivity contribution is 6.36. The van der Waals surface area contributed by atoms with Gasteiger partial charge in [-0.05, 0) is 102 Å². The van der Waals surface area contributed by atoms with Crippen molar-refractivity contribution in [1.29, 1.82) is 0 Å². The van der Waals surface area contributed by atoms with E-state index in [0.717, 1.165) is 78.6 Å². The average Bonchev–Trinajstić information content (AvgIpc) is 3.13. The number of anilines is 1. The van der Waals surface area contributed by atoms with E-state index in [1.165, 1.54) is 5.69 Å². The maximum Gasteiger partial charge on any atom is 0.335 e. The Morgan fingerprint density at radius 3 is 2.26 bits per heavy atom. The van der Waals surface area contributed by atoms with Gasteiger partial charge in [-0.25, -0.2) is 4.79 Å². The fraction of sp³-hybridized carbons (Fsp3) is 0.344. The summed E-state index contributed by atoms with van der Waals surface area (Å²) in [5.41, 5.74) is 7.88. The van der Waals surface area contributed by atoms with E-state index in [-0.39, 0.29) is 6.29 Å². The molecule has 0 spiro atoms. The molecule has 0 atom stereocenters. The summed E-state index contributed by atoms with van der Waals surface area (Å²) < 4.78 is 11.0. The molecule has 0 aromatic heterocycles. The van der Waals surface area contributed by atoms with Gasteiger partial charge >= 0.3 is 5.97 Å². The lowest BCUT2D eigenvalue weighted by Crippen LogP contribution is -2.39. The van der Waals surface area contributed by atoms with Gasteiger partial charge in [0.1, 0.15) is 0 Å². The number of methoxy groups -OCH3 is 2. The Morgan fingerprint density at radius 2 is 1.62 bits per heavy atom. The largest absolute Gasteiger partial charge is 0.478 e. The minimum absolute atomic E-state index is 0.156. The van der Waals surface area contributed by atoms with E-state index in [1.807, 2.05) is 24.3 Å². The van der Waals surface area contributed by atoms with Gasteiger partial charge in [0.15, 0.2) is 6.29 Å². The van der Waals surface area contributed by atoms with E-state index in [0.29, 0.717) is 21.5 Å². The lowest BCUT2D eigenvalue weighted by molar-refractivity contribution is -0.141. The van der Waals surface area contributed by atoms with Crippen LogP contribution in [0.5, 0.6) is 0 Å². The number of ether oxygens (including phenoxy) is 2. The molecule has 5 nitrogen and oxygen atoms in total. The zero-order valence-electron chi connectivity index (χ0n) is 22.3. The molecule has 1 N–H and O–H groups in total. The van der Waals surface area contributed by atoms with Gasteiger partial charge in [-0.3, -0.25) is 0 Å². The van der Waals surface area contributed by atoms with Crippen molar-refractivity contribution in [2.24, 2.45) is 5.92 Å². The number of carboxylic acids is 1. The van der Waals surface area contributed by atoms with Crippen LogP contribution in [0, 0.1) is 5.92 Å². The van der Waals surface area contributed by atoms with Gasteiger partial charge < -0.3 is 19.5 Å². The molecular weight excluding hydrogens is 533 g/mol. The van der Waals surface area contributed by atoms with Crippen LogP contribution in [0.3, 0.4) is 0 Å². The second-order valence-electron chi connectivity index (χ2n) is 10.2. The Bertz CT molecular complexity index is 1370. The molecule has 3 aromatic rings. The number of aryl methyl sites for hydroxylation is 1. The van der Waals surface area contributed by atoms with E-state index in [1.54, 1.807) is 26.4 Å². The Kier molecular flexibility index (Phi) is 8.63. The number of benzene rings is 3. The molecule has 1 aliphatic heterocycles. The summed E-state index contributed by atoms with van der Waals surface area (Å²) >= 11 is 13.0. The zero-order chi connectivity index (χ0) is 27.5. The number of nitrogens with zero attached hydrogens (tertiary/aromatic N) is 1. The summed E-state index contributed by atoms with van der Waals surface area (Å²) in [5, 5.41) is 10.8. The van der Waals surface area contributed by atoms with Gasteiger partial charge in [-0.2, -0.15) is 0 Å². The number of hydrogen-bond donors (Lipinski definition) is 1. The van der Waals surface area contributed by atoms with Crippen LogP contribution in [0.25, 0.3) is 11.1 Å². The number of rotatable bonds is 7. The van der Waals surface area contributed by atoms with E-state index >= 15 is 0 Å². The molecule has 204 valence electrons. The summed E-state index contributed by atoms with van der Waals surface area (Å²) in [7, 11) is 3.40. The molecule has 0 unspecified atom stereocenters. The van der Waals surface area contributed by atoms with Gasteiger partial charge in [-0.1, -0.05) is 47.5 Å². The Labute approximate surface area is 240 Å². The van der Waals surface area contributed by atoms with Crippen LogP contribution in [0.15, 0.2) is 60.7 Å². The van der Waals surface area contributed by atoms with Crippen molar-refractivity contribution in [2.45, 2.75) is 38.4 Å². The van der Waals surface area contributed by atoms with Crippen molar-refractivity contribution in [3.05, 3.63) is 98.5 Å². The Balaban J connectivity index is 1.53. The predicted molar refractivity (Wildman–Crippen MR) is 158 cm³/mol. The van der Waals surface area contributed by atoms with Crippen LogP contribution < -0.4 is 4.90 Å². The maximum atomic E-state index is 11.7. The molecule has 0 saturated carbocycles. The molecule has 1 fully saturated rings. The Hall–Kier alpha value is -2.83. The predicted octanol–water partition coefficient (Wildman–Crippen LogP) is 7.82. The number of allylic oxidation sites excluding steroid dienone is 1. The van der Waals surface area contributed by atoms with Gasteiger partial charge in [0.05, 0.1) is 5.56 Å². The van der Waals surface area contributed by atoms with Gasteiger partial charge in [0.25, 0.3) is 0 Å². The molecule has 0 amide bonds. The fourth-order valence-electron chi connectivity index (χ4n) is 6.00. The third-order valence-electron chi connectivity index (χ3n) is 7.96. The highest BCUT2D eigenvalue weighted by Gasteiger charge is 2.27. The molecule has 0 radical (unpaired) electrons. The third kappa shape index (κ3) is 5.87. The van der Waals surface area contributed by atoms with Crippen molar-refractivity contribution >= 4 is 46.0 Å². The first kappa shape index (κ1) is 27.7. The smallest absolute Gasteiger partial charge is 0.335 e. The standard InChI is InChI=1S/C32H33Cl2NO4/c1-38-32(39-2)21-14-16-35(17-15-21)25-10-6-20(7-11-25)30-26-12-8-23(31(36)37)18-22(26)4-3-5-28(30)27-13-9-24(33)19-29(27)34/h6-13,18-19,21,32H,3-5,14-17H2,1-2H3,(H,36,37). The molecule has 2 aliphatic rings. The van der Waals surface area contributed by atoms with E-state index in [9.17, 15) is 9.90 Å². The summed E-state index contributed by atoms with van der Waals surface area (Å²) in [5.74, 6) is -0.519. The fourth-order valence-corrected chi connectivity index (χ4v) is 6.53. The number of fused-ring (bicyclic) bond motifs is 1. The normalized spacial score (nSPS) is 16.4. The van der Waals surface area contributed by atoms with E-state index in [4.69, 9.17) is 32.7 Å². The van der Waals surface area contributed by atoms with Crippen molar-refractivity contribution in [3.8, 4) is 0 Å². The quantitative estimate of drug-likeness (QED) is 0.296. The van der Waals surface area contributed by atoms with Gasteiger partial charge in [0.2, 0.25) is 0 Å². The van der Waals surface area contributed by atoms with Crippen molar-refractivity contribution in [1.82, 2.24) is 0 Å². The van der Waals surface area contributed by atoms with Crippen molar-refractivity contribution in [2.75, 3.05) is 32.2 Å². The van der Waals surface area contributed by atoms with Gasteiger partial charge in [0, 0.05) is 49.0 Å². The number of carbonyl (C=O) groups is 1. The van der Waals surface area contributed by atoms with Gasteiger partial charge in [-0.15, -0.1) is 0 Å². The summed E-state index contributed by atoms with van der Waals surface area (Å²) in [6, 6.07) is 19.8. The maximum absolute atomic E-state index is 11.7. The SMILES string of the molecule is COC(OC)C1CCN(c2ccc(C3=C(c4ccc(Cl)cc4Cl)CCCc4cc(C(=O)O)ccc43)cc2)CC1. The highest BCUT2D eigenvalue weighted by Crippen LogP contribution is 2.43. The minimum Gasteiger partial charge on any atom is -0.478 e. The summed E-state index contributed by atoms with van der Waals surface area (Å²) in [6.45, 7) is 1.89. The lowest BCUT2D eigenvalue weighted by atomic mass is 9.87. The molecule has 5 rings (SSSR count). The second-order valence-corrected chi connectivity index (χ2v) is 11.1. The van der Waals surface area contributed by atoms with E-state index in [2.05, 4.69) is 29.2 Å². The summed E-state index contributed by atoms with van der Waals surface area (Å²) in [6.07, 6.45) is 4.38. The number of halogens is 2. The van der Waals surface area contributed by atoms with Crippen molar-refractivity contribution < 1.29 is 19.4 Å². The van der Waals surface area contributed by atoms with Crippen molar-refractivity contribution in [3.63, 3.8) is 0 Å². The third-order valence-corrected chi connectivity index (χ3v) is 8.51. The average molecular weight is 567 g/mol. The summed E-state index contributed by atoms with van der Waals surface area (Å²) in [4.78, 5) is 14.1. The molecule has 3 aromatic carbocycles. The first-order chi connectivity index (χ1) is 18.9.